The number of nitrogens with zero attached hydrogens (tertiary/aromatic N) is 2. The van der Waals surface area contributed by atoms with E-state index < -0.39 is 33.9 Å². The monoisotopic (exact) mass is 499 g/mol. The molecule has 2 unspecified atom stereocenters. The van der Waals surface area contributed by atoms with Gasteiger partial charge in [-0.05, 0) is 55.0 Å². The third-order valence-electron chi connectivity index (χ3n) is 6.52. The maximum Gasteiger partial charge on any atom is 0.414 e. The summed E-state index contributed by atoms with van der Waals surface area (Å²) in [6.07, 6.45) is -2.41. The number of hydrogen-bond donors (Lipinski definition) is 1. The fourth-order valence-electron chi connectivity index (χ4n) is 4.74. The molecule has 6 nitrogen and oxygen atoms in total. The minimum Gasteiger partial charge on any atom is -0.380 e. The average Bonchev–Trinajstić information content (AvgIpc) is 3.17. The first-order valence-corrected chi connectivity index (χ1v) is 12.8. The quantitative estimate of drug-likeness (QED) is 0.635. The summed E-state index contributed by atoms with van der Waals surface area (Å²) >= 11 is 0. The Morgan fingerprint density at radius 2 is 1.85 bits per heavy atom. The van der Waals surface area contributed by atoms with Crippen molar-refractivity contribution < 1.29 is 30.8 Å². The van der Waals surface area contributed by atoms with Crippen molar-refractivity contribution in [2.45, 2.75) is 43.9 Å². The van der Waals surface area contributed by atoms with Gasteiger partial charge in [-0.25, -0.2) is 12.8 Å². The second-order valence-corrected chi connectivity index (χ2v) is 11.2. The molecular formula is C23H25F4N3O3S. The summed E-state index contributed by atoms with van der Waals surface area (Å²) in [4.78, 5) is 17.4. The van der Waals surface area contributed by atoms with Gasteiger partial charge in [-0.3, -0.25) is 9.78 Å². The van der Waals surface area contributed by atoms with Crippen LogP contribution in [0.5, 0.6) is 0 Å². The van der Waals surface area contributed by atoms with Crippen LogP contribution in [0, 0.1) is 11.7 Å². The number of halogens is 4. The summed E-state index contributed by atoms with van der Waals surface area (Å²) in [5.74, 6) is -2.20. The molecule has 1 aromatic carbocycles. The zero-order chi connectivity index (χ0) is 24.7. The maximum atomic E-state index is 14.0. The summed E-state index contributed by atoms with van der Waals surface area (Å²) in [5, 5.41) is 3.18. The molecule has 0 saturated carbocycles. The van der Waals surface area contributed by atoms with E-state index in [1.165, 1.54) is 24.4 Å². The predicted molar refractivity (Wildman–Crippen MR) is 118 cm³/mol. The van der Waals surface area contributed by atoms with Gasteiger partial charge in [-0.2, -0.15) is 13.2 Å². The molecule has 2 aliphatic rings. The number of nitrogens with one attached hydrogen (secondary N) is 1. The van der Waals surface area contributed by atoms with Crippen LogP contribution in [0.15, 0.2) is 36.5 Å². The number of fused-ring (bicyclic) bond motifs is 1. The molecule has 0 spiro atoms. The Morgan fingerprint density at radius 3 is 2.44 bits per heavy atom. The van der Waals surface area contributed by atoms with Crippen molar-refractivity contribution in [2.24, 2.45) is 5.92 Å². The van der Waals surface area contributed by atoms with Gasteiger partial charge in [-0.15, -0.1) is 0 Å². The van der Waals surface area contributed by atoms with E-state index in [1.54, 1.807) is 6.07 Å². The number of aromatic nitrogens is 1. The number of anilines is 1. The minimum absolute atomic E-state index is 0.0107. The Labute approximate surface area is 195 Å². The van der Waals surface area contributed by atoms with Crippen molar-refractivity contribution in [1.29, 1.82) is 0 Å². The number of sulfone groups is 1. The van der Waals surface area contributed by atoms with Crippen molar-refractivity contribution in [1.82, 2.24) is 9.88 Å². The highest BCUT2D eigenvalue weighted by Gasteiger charge is 2.47. The molecule has 1 aromatic heterocycles. The number of rotatable bonds is 5. The van der Waals surface area contributed by atoms with Gasteiger partial charge < -0.3 is 10.2 Å². The van der Waals surface area contributed by atoms with E-state index >= 15 is 0 Å². The van der Waals surface area contributed by atoms with Gasteiger partial charge in [-0.1, -0.05) is 12.1 Å². The summed E-state index contributed by atoms with van der Waals surface area (Å²) < 4.78 is 79.0. The van der Waals surface area contributed by atoms with Crippen molar-refractivity contribution in [3.8, 4) is 0 Å². The molecule has 184 valence electrons. The molecule has 11 heteroatoms. The largest absolute Gasteiger partial charge is 0.414 e. The fraction of sp³-hybridized carbons (Fsp3) is 0.478. The summed E-state index contributed by atoms with van der Waals surface area (Å²) in [7, 11) is -2.17. The highest BCUT2D eigenvalue weighted by molar-refractivity contribution is 7.91. The third kappa shape index (κ3) is 5.18. The van der Waals surface area contributed by atoms with Gasteiger partial charge in [0.2, 0.25) is 5.91 Å². The number of hydrogen-bond acceptors (Lipinski definition) is 5. The van der Waals surface area contributed by atoms with E-state index in [0.29, 0.717) is 29.0 Å². The number of pyridine rings is 1. The van der Waals surface area contributed by atoms with Crippen LogP contribution in [0.1, 0.15) is 35.7 Å². The second kappa shape index (κ2) is 9.16. The normalized spacial score (nSPS) is 21.0. The Balaban J connectivity index is 1.46. The topological polar surface area (TPSA) is 79.4 Å². The van der Waals surface area contributed by atoms with Crippen molar-refractivity contribution in [3.63, 3.8) is 0 Å². The molecule has 1 aliphatic heterocycles. The number of amides is 1. The molecule has 4 rings (SSSR count). The lowest BCUT2D eigenvalue weighted by molar-refractivity contribution is -0.191. The first-order valence-electron chi connectivity index (χ1n) is 11.0. The SMILES string of the molecule is CN(C(=O)C1CCS(=O)(=O)CC1)C(c1ccc(NC2Cc3cccc(F)c3C2)cn1)C(F)(F)F. The summed E-state index contributed by atoms with van der Waals surface area (Å²) in [6.45, 7) is 0. The molecule has 0 radical (unpaired) electrons. The molecular weight excluding hydrogens is 474 g/mol. The van der Waals surface area contributed by atoms with Crippen LogP contribution < -0.4 is 5.32 Å². The van der Waals surface area contributed by atoms with Crippen LogP contribution in [0.25, 0.3) is 0 Å². The smallest absolute Gasteiger partial charge is 0.380 e. The number of alkyl halides is 3. The van der Waals surface area contributed by atoms with E-state index in [2.05, 4.69) is 10.3 Å². The molecule has 34 heavy (non-hydrogen) atoms. The lowest BCUT2D eigenvalue weighted by Gasteiger charge is -2.33. The molecule has 2 atom stereocenters. The Hall–Kier alpha value is -2.69. The Morgan fingerprint density at radius 1 is 1.15 bits per heavy atom. The molecule has 1 fully saturated rings. The average molecular weight is 500 g/mol. The van der Waals surface area contributed by atoms with E-state index in [-0.39, 0.29) is 41.9 Å². The molecule has 1 saturated heterocycles. The van der Waals surface area contributed by atoms with Crippen molar-refractivity contribution >= 4 is 21.4 Å². The molecule has 2 heterocycles. The molecule has 2 aromatic rings. The third-order valence-corrected chi connectivity index (χ3v) is 8.23. The van der Waals surface area contributed by atoms with E-state index in [1.807, 2.05) is 6.07 Å². The molecule has 1 N–H and O–H groups in total. The summed E-state index contributed by atoms with van der Waals surface area (Å²) in [5.41, 5.74) is 1.69. The Bertz CT molecular complexity index is 1150. The highest BCUT2D eigenvalue weighted by Crippen LogP contribution is 2.38. The van der Waals surface area contributed by atoms with Crippen LogP contribution in [0.4, 0.5) is 23.2 Å². The van der Waals surface area contributed by atoms with Crippen LogP contribution in [-0.4, -0.2) is 55.0 Å². The minimum atomic E-state index is -4.77. The first kappa shape index (κ1) is 24.4. The van der Waals surface area contributed by atoms with Gasteiger partial charge >= 0.3 is 6.18 Å². The van der Waals surface area contributed by atoms with Crippen molar-refractivity contribution in [3.05, 3.63) is 59.2 Å². The van der Waals surface area contributed by atoms with Crippen molar-refractivity contribution in [2.75, 3.05) is 23.9 Å². The first-order chi connectivity index (χ1) is 15.9. The van der Waals surface area contributed by atoms with Crippen LogP contribution in [0.2, 0.25) is 0 Å². The van der Waals surface area contributed by atoms with Gasteiger partial charge in [0.15, 0.2) is 6.04 Å². The van der Waals surface area contributed by atoms with Gasteiger partial charge in [0.05, 0.1) is 29.1 Å². The summed E-state index contributed by atoms with van der Waals surface area (Å²) in [6, 6.07) is 5.23. The zero-order valence-electron chi connectivity index (χ0n) is 18.5. The highest BCUT2D eigenvalue weighted by atomic mass is 32.2. The van der Waals surface area contributed by atoms with E-state index in [9.17, 15) is 30.8 Å². The lowest BCUT2D eigenvalue weighted by Crippen LogP contribution is -2.44. The van der Waals surface area contributed by atoms with E-state index in [0.717, 1.165) is 12.6 Å². The Kier molecular flexibility index (Phi) is 6.58. The lowest BCUT2D eigenvalue weighted by atomic mass is 9.99. The van der Waals surface area contributed by atoms with Gasteiger partial charge in [0.1, 0.15) is 15.7 Å². The van der Waals surface area contributed by atoms with E-state index in [4.69, 9.17) is 0 Å². The number of carbonyl (C=O) groups excluding carboxylic acids is 1. The standard InChI is InChI=1S/C23H25F4N3O3S/c1-30(22(31)14-7-9-34(32,33)10-8-14)21(23(25,26)27)20-6-5-16(13-28-20)29-17-11-15-3-2-4-19(24)18(15)12-17/h2-6,13-14,17,21,29H,7-12H2,1H3. The van der Waals surface area contributed by atoms with Gasteiger partial charge in [0.25, 0.3) is 0 Å². The maximum absolute atomic E-state index is 14.0. The number of benzene rings is 1. The predicted octanol–water partition coefficient (Wildman–Crippen LogP) is 3.69. The molecule has 0 bridgehead atoms. The molecule has 1 aliphatic carbocycles. The second-order valence-electron chi connectivity index (χ2n) is 8.92. The van der Waals surface area contributed by atoms with Gasteiger partial charge in [0, 0.05) is 19.0 Å². The fourth-order valence-corrected chi connectivity index (χ4v) is 6.23. The van der Waals surface area contributed by atoms with Crippen LogP contribution in [-0.2, 0) is 27.5 Å². The van der Waals surface area contributed by atoms with Crippen LogP contribution >= 0.6 is 0 Å². The molecule has 1 amide bonds. The zero-order valence-corrected chi connectivity index (χ0v) is 19.3. The van der Waals surface area contributed by atoms with Crippen LogP contribution in [0.3, 0.4) is 0 Å². The number of carbonyl (C=O) groups is 1.